The Bertz CT molecular complexity index is 627. The molecule has 1 atom stereocenters. The van der Waals surface area contributed by atoms with E-state index in [0.717, 1.165) is 25.5 Å². The number of likely N-dealkylation sites (tertiary alicyclic amines) is 1. The number of nitrogens with zero attached hydrogens (tertiary/aromatic N) is 2. The minimum Gasteiger partial charge on any atom is -0.363 e. The van der Waals surface area contributed by atoms with E-state index in [0.29, 0.717) is 12.1 Å². The molecule has 1 aliphatic heterocycles. The molecule has 9 heteroatoms. The molecule has 2 amide bonds. The van der Waals surface area contributed by atoms with Crippen LogP contribution in [0.4, 0.5) is 10.2 Å². The zero-order valence-electron chi connectivity index (χ0n) is 13.2. The summed E-state index contributed by atoms with van der Waals surface area (Å²) < 4.78 is 14.1. The van der Waals surface area contributed by atoms with Gasteiger partial charge in [-0.1, -0.05) is 0 Å². The SMILES string of the molecule is CC(=O)N1CCCC(Nc2ncc(/C=C/C(=O)NO)cc2F)C1.Cl. The van der Waals surface area contributed by atoms with E-state index in [1.165, 1.54) is 30.7 Å². The van der Waals surface area contributed by atoms with Crippen molar-refractivity contribution in [3.8, 4) is 0 Å². The number of amides is 2. The largest absolute Gasteiger partial charge is 0.363 e. The number of piperidine rings is 1. The number of nitrogens with one attached hydrogen (secondary N) is 2. The Morgan fingerprint density at radius 2 is 2.25 bits per heavy atom. The number of carbonyl (C=O) groups excluding carboxylic acids is 2. The van der Waals surface area contributed by atoms with Crippen LogP contribution < -0.4 is 10.8 Å². The highest BCUT2D eigenvalue weighted by Crippen LogP contribution is 2.18. The molecule has 0 saturated carbocycles. The molecule has 0 radical (unpaired) electrons. The summed E-state index contributed by atoms with van der Waals surface area (Å²) in [6.07, 6.45) is 5.51. The lowest BCUT2D eigenvalue weighted by molar-refractivity contribution is -0.129. The minimum atomic E-state index is -0.709. The average molecular weight is 359 g/mol. The molecule has 2 heterocycles. The first-order valence-electron chi connectivity index (χ1n) is 7.29. The molecule has 7 nitrogen and oxygen atoms in total. The maximum absolute atomic E-state index is 14.1. The Morgan fingerprint density at radius 1 is 1.50 bits per heavy atom. The lowest BCUT2D eigenvalue weighted by Gasteiger charge is -2.32. The highest BCUT2D eigenvalue weighted by molar-refractivity contribution is 5.90. The van der Waals surface area contributed by atoms with Gasteiger partial charge in [-0.15, -0.1) is 12.4 Å². The summed E-state index contributed by atoms with van der Waals surface area (Å²) in [7, 11) is 0. The number of hydroxylamine groups is 1. The molecule has 0 spiro atoms. The number of pyridine rings is 1. The van der Waals surface area contributed by atoms with Crippen LogP contribution in [0.15, 0.2) is 18.3 Å². The first-order chi connectivity index (χ1) is 11.0. The van der Waals surface area contributed by atoms with Crippen molar-refractivity contribution in [2.45, 2.75) is 25.8 Å². The lowest BCUT2D eigenvalue weighted by Crippen LogP contribution is -2.44. The minimum absolute atomic E-state index is 0. The molecule has 24 heavy (non-hydrogen) atoms. The Labute approximate surface area is 145 Å². The molecular formula is C15H20ClFN4O3. The normalized spacial score (nSPS) is 17.3. The maximum Gasteiger partial charge on any atom is 0.267 e. The summed E-state index contributed by atoms with van der Waals surface area (Å²) in [5.74, 6) is -1.13. The summed E-state index contributed by atoms with van der Waals surface area (Å²) in [4.78, 5) is 28.0. The second kappa shape index (κ2) is 9.19. The maximum atomic E-state index is 14.1. The van der Waals surface area contributed by atoms with Gasteiger partial charge in [0.1, 0.15) is 0 Å². The van der Waals surface area contributed by atoms with Gasteiger partial charge < -0.3 is 10.2 Å². The molecule has 1 saturated heterocycles. The van der Waals surface area contributed by atoms with Crippen molar-refractivity contribution in [3.05, 3.63) is 29.7 Å². The number of hydrogen-bond acceptors (Lipinski definition) is 5. The zero-order chi connectivity index (χ0) is 16.8. The van der Waals surface area contributed by atoms with Crippen molar-refractivity contribution >= 4 is 36.1 Å². The Morgan fingerprint density at radius 3 is 2.88 bits per heavy atom. The molecule has 1 aromatic rings. The second-order valence-electron chi connectivity index (χ2n) is 5.36. The number of hydrogen-bond donors (Lipinski definition) is 3. The predicted molar refractivity (Wildman–Crippen MR) is 89.3 cm³/mol. The molecular weight excluding hydrogens is 339 g/mol. The van der Waals surface area contributed by atoms with Gasteiger partial charge in [0.25, 0.3) is 5.91 Å². The highest BCUT2D eigenvalue weighted by atomic mass is 35.5. The summed E-state index contributed by atoms with van der Waals surface area (Å²) in [5.41, 5.74) is 1.84. The first-order valence-corrected chi connectivity index (χ1v) is 7.29. The van der Waals surface area contributed by atoms with Gasteiger partial charge in [-0.25, -0.2) is 14.9 Å². The fourth-order valence-corrected chi connectivity index (χ4v) is 2.43. The van der Waals surface area contributed by atoms with Crippen molar-refractivity contribution in [1.29, 1.82) is 0 Å². The van der Waals surface area contributed by atoms with Gasteiger partial charge in [-0.2, -0.15) is 0 Å². The monoisotopic (exact) mass is 358 g/mol. The topological polar surface area (TPSA) is 94.6 Å². The molecule has 3 N–H and O–H groups in total. The Hall–Kier alpha value is -2.19. The number of carbonyl (C=O) groups is 2. The second-order valence-corrected chi connectivity index (χ2v) is 5.36. The van der Waals surface area contributed by atoms with Crippen LogP contribution in [0.3, 0.4) is 0 Å². The van der Waals surface area contributed by atoms with Crippen LogP contribution in [-0.4, -0.2) is 46.0 Å². The summed E-state index contributed by atoms with van der Waals surface area (Å²) >= 11 is 0. The molecule has 1 fully saturated rings. The average Bonchev–Trinajstić information content (AvgIpc) is 2.55. The lowest BCUT2D eigenvalue weighted by atomic mass is 10.1. The third-order valence-electron chi connectivity index (χ3n) is 3.61. The first kappa shape index (κ1) is 19.9. The van der Waals surface area contributed by atoms with E-state index in [1.807, 2.05) is 0 Å². The van der Waals surface area contributed by atoms with E-state index in [1.54, 1.807) is 4.90 Å². The van der Waals surface area contributed by atoms with Crippen LogP contribution in [0.5, 0.6) is 0 Å². The molecule has 1 aromatic heterocycles. The van der Waals surface area contributed by atoms with Gasteiger partial charge in [-0.3, -0.25) is 14.8 Å². The third kappa shape index (κ3) is 5.47. The summed E-state index contributed by atoms with van der Waals surface area (Å²) in [5, 5.41) is 11.4. The number of anilines is 1. The highest BCUT2D eigenvalue weighted by Gasteiger charge is 2.22. The molecule has 0 aromatic carbocycles. The van der Waals surface area contributed by atoms with Crippen molar-refractivity contribution < 1.29 is 19.2 Å². The number of halogens is 2. The number of rotatable bonds is 4. The van der Waals surface area contributed by atoms with E-state index in [4.69, 9.17) is 5.21 Å². The standard InChI is InChI=1S/C15H19FN4O3.ClH/c1-10(21)20-6-2-3-12(9-20)18-15-13(16)7-11(8-17-15)4-5-14(22)19-23;/h4-5,7-8,12,23H,2-3,6,9H2,1H3,(H,17,18)(H,19,22);1H/b5-4+;. The Kier molecular flexibility index (Phi) is 7.60. The summed E-state index contributed by atoms with van der Waals surface area (Å²) in [6.45, 7) is 2.76. The van der Waals surface area contributed by atoms with E-state index >= 15 is 0 Å². The summed E-state index contributed by atoms with van der Waals surface area (Å²) in [6, 6.07) is 1.19. The predicted octanol–water partition coefficient (Wildman–Crippen LogP) is 1.58. The van der Waals surface area contributed by atoms with E-state index in [9.17, 15) is 14.0 Å². The van der Waals surface area contributed by atoms with Crippen LogP contribution in [0.1, 0.15) is 25.3 Å². The van der Waals surface area contributed by atoms with Crippen LogP contribution >= 0.6 is 12.4 Å². The van der Waals surface area contributed by atoms with Gasteiger partial charge in [0.15, 0.2) is 11.6 Å². The zero-order valence-corrected chi connectivity index (χ0v) is 14.0. The molecule has 0 aliphatic carbocycles. The fourth-order valence-electron chi connectivity index (χ4n) is 2.43. The van der Waals surface area contributed by atoms with Crippen molar-refractivity contribution in [2.75, 3.05) is 18.4 Å². The Balaban J connectivity index is 0.00000288. The van der Waals surface area contributed by atoms with Crippen molar-refractivity contribution in [2.24, 2.45) is 0 Å². The van der Waals surface area contributed by atoms with E-state index in [-0.39, 0.29) is 30.2 Å². The molecule has 132 valence electrons. The van der Waals surface area contributed by atoms with Gasteiger partial charge in [0.05, 0.1) is 0 Å². The van der Waals surface area contributed by atoms with Gasteiger partial charge >= 0.3 is 0 Å². The fraction of sp³-hybridized carbons (Fsp3) is 0.400. The van der Waals surface area contributed by atoms with Crippen LogP contribution in [0.25, 0.3) is 6.08 Å². The quantitative estimate of drug-likeness (QED) is 0.431. The van der Waals surface area contributed by atoms with Crippen molar-refractivity contribution in [3.63, 3.8) is 0 Å². The van der Waals surface area contributed by atoms with Gasteiger partial charge in [0.2, 0.25) is 5.91 Å². The third-order valence-corrected chi connectivity index (χ3v) is 3.61. The molecule has 2 rings (SSSR count). The van der Waals surface area contributed by atoms with Crippen LogP contribution in [0.2, 0.25) is 0 Å². The molecule has 1 unspecified atom stereocenters. The van der Waals surface area contributed by atoms with Crippen molar-refractivity contribution in [1.82, 2.24) is 15.4 Å². The molecule has 0 bridgehead atoms. The molecule has 1 aliphatic rings. The number of aromatic nitrogens is 1. The van der Waals surface area contributed by atoms with Gasteiger partial charge in [-0.05, 0) is 30.5 Å². The van der Waals surface area contributed by atoms with E-state index in [2.05, 4.69) is 10.3 Å². The smallest absolute Gasteiger partial charge is 0.267 e. The van der Waals surface area contributed by atoms with Crippen LogP contribution in [-0.2, 0) is 9.59 Å². The van der Waals surface area contributed by atoms with Crippen LogP contribution in [0, 0.1) is 5.82 Å². The van der Waals surface area contributed by atoms with Gasteiger partial charge in [0, 0.05) is 38.3 Å². The van der Waals surface area contributed by atoms with E-state index < -0.39 is 11.7 Å².